The monoisotopic (exact) mass is 437 g/mol. The number of rotatable bonds is 5. The van der Waals surface area contributed by atoms with Gasteiger partial charge in [0.2, 0.25) is 5.91 Å². The second-order valence-corrected chi connectivity index (χ2v) is 7.94. The molecule has 164 valence electrons. The van der Waals surface area contributed by atoms with Crippen molar-refractivity contribution < 1.29 is 4.79 Å². The van der Waals surface area contributed by atoms with Gasteiger partial charge in [-0.15, -0.1) is 0 Å². The summed E-state index contributed by atoms with van der Waals surface area (Å²) in [7, 11) is 0. The smallest absolute Gasteiger partial charge is 0.255 e. The fraction of sp³-hybridized carbons (Fsp3) is 0.154. The van der Waals surface area contributed by atoms with Crippen molar-refractivity contribution >= 4 is 33.4 Å². The Kier molecular flexibility index (Phi) is 5.22. The van der Waals surface area contributed by atoms with E-state index in [2.05, 4.69) is 43.9 Å². The lowest BCUT2D eigenvalue weighted by Gasteiger charge is -2.09. The average molecular weight is 438 g/mol. The number of hydrogen-bond acceptors (Lipinski definition) is 4. The number of aromatic nitrogens is 4. The van der Waals surface area contributed by atoms with E-state index >= 15 is 0 Å². The Hall–Kier alpha value is -4.26. The van der Waals surface area contributed by atoms with Crippen LogP contribution in [0.2, 0.25) is 0 Å². The van der Waals surface area contributed by atoms with E-state index in [-0.39, 0.29) is 17.9 Å². The maximum absolute atomic E-state index is 12.8. The van der Waals surface area contributed by atoms with E-state index in [9.17, 15) is 9.59 Å². The van der Waals surface area contributed by atoms with Crippen LogP contribution in [0, 0.1) is 6.92 Å². The maximum Gasteiger partial charge on any atom is 0.255 e. The van der Waals surface area contributed by atoms with Crippen molar-refractivity contribution in [3.05, 3.63) is 88.6 Å². The molecular formula is C26H23N5O2. The van der Waals surface area contributed by atoms with Crippen LogP contribution >= 0.6 is 0 Å². The molecule has 0 unspecified atom stereocenters. The first-order chi connectivity index (χ1) is 16.0. The fourth-order valence-corrected chi connectivity index (χ4v) is 4.30. The quantitative estimate of drug-likeness (QED) is 0.425. The summed E-state index contributed by atoms with van der Waals surface area (Å²) in [6.45, 7) is 4.72. The van der Waals surface area contributed by atoms with Gasteiger partial charge < -0.3 is 14.9 Å². The molecule has 0 saturated carbocycles. The molecule has 0 radical (unpaired) electrons. The molecule has 1 amide bonds. The largest absolute Gasteiger partial charge is 0.341 e. The second kappa shape index (κ2) is 8.35. The summed E-state index contributed by atoms with van der Waals surface area (Å²) in [5.41, 5.74) is 4.25. The molecule has 2 aromatic carbocycles. The van der Waals surface area contributed by atoms with E-state index in [0.29, 0.717) is 28.3 Å². The summed E-state index contributed by atoms with van der Waals surface area (Å²) in [6.07, 6.45) is 3.23. The van der Waals surface area contributed by atoms with Crippen LogP contribution in [0.1, 0.15) is 18.2 Å². The lowest BCUT2D eigenvalue weighted by atomic mass is 10.1. The number of benzene rings is 2. The third-order valence-electron chi connectivity index (χ3n) is 5.87. The van der Waals surface area contributed by atoms with E-state index in [1.807, 2.05) is 36.4 Å². The Bertz CT molecular complexity index is 1550. The van der Waals surface area contributed by atoms with Gasteiger partial charge in [0.1, 0.15) is 5.82 Å². The van der Waals surface area contributed by atoms with E-state index in [1.54, 1.807) is 25.4 Å². The molecule has 3 aromatic heterocycles. The number of nitrogens with one attached hydrogen (secondary N) is 2. The number of H-pyrrole nitrogens is 1. The molecule has 0 aliphatic rings. The molecule has 7 heteroatoms. The Balaban J connectivity index is 1.41. The van der Waals surface area contributed by atoms with Gasteiger partial charge in [-0.1, -0.05) is 18.2 Å². The molecule has 2 N–H and O–H groups in total. The highest BCUT2D eigenvalue weighted by atomic mass is 16.2. The topological polar surface area (TPSA) is 92.7 Å². The third kappa shape index (κ3) is 3.78. The molecule has 0 aliphatic carbocycles. The summed E-state index contributed by atoms with van der Waals surface area (Å²) in [4.78, 5) is 36.8. The van der Waals surface area contributed by atoms with Gasteiger partial charge in [-0.25, -0.2) is 4.98 Å². The number of aryl methyl sites for hydroxylation is 2. The van der Waals surface area contributed by atoms with E-state index in [4.69, 9.17) is 0 Å². The van der Waals surface area contributed by atoms with Crippen LogP contribution in [0.25, 0.3) is 33.2 Å². The normalized spacial score (nSPS) is 11.2. The first kappa shape index (κ1) is 20.6. The summed E-state index contributed by atoms with van der Waals surface area (Å²) < 4.78 is 2.26. The number of anilines is 1. The Morgan fingerprint density at radius 2 is 1.88 bits per heavy atom. The molecular weight excluding hydrogens is 414 g/mol. The summed E-state index contributed by atoms with van der Waals surface area (Å²) in [6, 6.07) is 17.8. The van der Waals surface area contributed by atoms with Crippen LogP contribution < -0.4 is 10.9 Å². The third-order valence-corrected chi connectivity index (χ3v) is 5.87. The van der Waals surface area contributed by atoms with Crippen molar-refractivity contribution in [1.29, 1.82) is 0 Å². The summed E-state index contributed by atoms with van der Waals surface area (Å²) >= 11 is 0. The predicted octanol–water partition coefficient (Wildman–Crippen LogP) is 4.45. The highest BCUT2D eigenvalue weighted by Gasteiger charge is 2.15. The second-order valence-electron chi connectivity index (χ2n) is 7.94. The van der Waals surface area contributed by atoms with Crippen molar-refractivity contribution in [3.8, 4) is 11.4 Å². The standard InChI is InChI=1S/C26H23N5O2/c1-3-31-22-9-5-4-8-19(22)21-13-18(10-11-23(21)31)29-24(32)14-20-16(2)28-25(30-26(20)33)17-7-6-12-27-15-17/h4-13,15H,3,14H2,1-2H3,(H,29,32)(H,28,30,33). The van der Waals surface area contributed by atoms with Gasteiger partial charge in [-0.05, 0) is 50.2 Å². The minimum absolute atomic E-state index is 0.0593. The van der Waals surface area contributed by atoms with E-state index < -0.39 is 0 Å². The highest BCUT2D eigenvalue weighted by molar-refractivity contribution is 6.09. The maximum atomic E-state index is 12.8. The first-order valence-corrected chi connectivity index (χ1v) is 10.9. The lowest BCUT2D eigenvalue weighted by molar-refractivity contribution is -0.115. The number of aromatic amines is 1. The van der Waals surface area contributed by atoms with Gasteiger partial charge >= 0.3 is 0 Å². The highest BCUT2D eigenvalue weighted by Crippen LogP contribution is 2.31. The molecule has 7 nitrogen and oxygen atoms in total. The van der Waals surface area contributed by atoms with Crippen molar-refractivity contribution in [3.63, 3.8) is 0 Å². The SMILES string of the molecule is CCn1c2ccccc2c2cc(NC(=O)Cc3c(C)nc(-c4cccnc4)[nH]c3=O)ccc21. The molecule has 33 heavy (non-hydrogen) atoms. The number of carbonyl (C=O) groups is 1. The molecule has 0 spiro atoms. The first-order valence-electron chi connectivity index (χ1n) is 10.9. The van der Waals surface area contributed by atoms with Gasteiger partial charge in [-0.2, -0.15) is 0 Å². The number of fused-ring (bicyclic) bond motifs is 3. The average Bonchev–Trinajstić information content (AvgIpc) is 3.15. The number of carbonyl (C=O) groups excluding carboxylic acids is 1. The Morgan fingerprint density at radius 1 is 1.06 bits per heavy atom. The van der Waals surface area contributed by atoms with E-state index in [0.717, 1.165) is 22.8 Å². The number of amides is 1. The van der Waals surface area contributed by atoms with Gasteiger partial charge in [0.15, 0.2) is 0 Å². The van der Waals surface area contributed by atoms with Crippen LogP contribution in [0.3, 0.4) is 0 Å². The minimum atomic E-state index is -0.321. The van der Waals surface area contributed by atoms with Crippen LogP contribution in [0.4, 0.5) is 5.69 Å². The lowest BCUT2D eigenvalue weighted by Crippen LogP contribution is -2.23. The molecule has 0 atom stereocenters. The minimum Gasteiger partial charge on any atom is -0.341 e. The zero-order valence-electron chi connectivity index (χ0n) is 18.4. The number of hydrogen-bond donors (Lipinski definition) is 2. The van der Waals surface area contributed by atoms with Crippen molar-refractivity contribution in [1.82, 2.24) is 19.5 Å². The molecule has 0 fully saturated rings. The molecule has 0 aliphatic heterocycles. The van der Waals surface area contributed by atoms with Gasteiger partial charge in [0, 0.05) is 63.3 Å². The van der Waals surface area contributed by atoms with Crippen LogP contribution in [-0.4, -0.2) is 25.4 Å². The molecule has 0 bridgehead atoms. The fourth-order valence-electron chi connectivity index (χ4n) is 4.30. The van der Waals surface area contributed by atoms with Gasteiger partial charge in [0.25, 0.3) is 5.56 Å². The zero-order valence-corrected chi connectivity index (χ0v) is 18.4. The Labute approximate surface area is 190 Å². The number of nitrogens with zero attached hydrogens (tertiary/aromatic N) is 3. The van der Waals surface area contributed by atoms with Gasteiger partial charge in [0.05, 0.1) is 6.42 Å². The van der Waals surface area contributed by atoms with Crippen LogP contribution in [-0.2, 0) is 17.8 Å². The zero-order chi connectivity index (χ0) is 22.9. The predicted molar refractivity (Wildman–Crippen MR) is 130 cm³/mol. The van der Waals surface area contributed by atoms with Crippen LogP contribution in [0.5, 0.6) is 0 Å². The summed E-state index contributed by atoms with van der Waals surface area (Å²) in [5, 5.41) is 5.17. The number of para-hydroxylation sites is 1. The van der Waals surface area contributed by atoms with Crippen molar-refractivity contribution in [2.24, 2.45) is 0 Å². The Morgan fingerprint density at radius 3 is 2.64 bits per heavy atom. The molecule has 0 saturated heterocycles. The summed E-state index contributed by atoms with van der Waals surface area (Å²) in [5.74, 6) is 0.172. The van der Waals surface area contributed by atoms with Crippen molar-refractivity contribution in [2.75, 3.05) is 5.32 Å². The van der Waals surface area contributed by atoms with Gasteiger partial charge in [-0.3, -0.25) is 14.6 Å². The molecule has 5 aromatic rings. The number of pyridine rings is 1. The van der Waals surface area contributed by atoms with E-state index in [1.165, 1.54) is 5.52 Å². The molecule has 5 rings (SSSR count). The van der Waals surface area contributed by atoms with Crippen molar-refractivity contribution in [2.45, 2.75) is 26.8 Å². The molecule has 3 heterocycles. The van der Waals surface area contributed by atoms with Crippen LogP contribution in [0.15, 0.2) is 71.8 Å².